The third kappa shape index (κ3) is 6.05. The fourth-order valence-corrected chi connectivity index (χ4v) is 1.51. The van der Waals surface area contributed by atoms with Gasteiger partial charge in [-0.05, 0) is 26.4 Å². The number of nitrogens with zero attached hydrogens (tertiary/aromatic N) is 1. The lowest BCUT2D eigenvalue weighted by atomic mass is 10.2. The third-order valence-electron chi connectivity index (χ3n) is 2.36. The van der Waals surface area contributed by atoms with E-state index in [2.05, 4.69) is 44.8 Å². The van der Waals surface area contributed by atoms with Gasteiger partial charge < -0.3 is 5.32 Å². The minimum absolute atomic E-state index is 0.600. The zero-order valence-corrected chi connectivity index (χ0v) is 9.93. The molecule has 0 aromatic carbocycles. The molecule has 0 aromatic heterocycles. The average Bonchev–Trinajstić information content (AvgIpc) is 2.10. The van der Waals surface area contributed by atoms with E-state index in [-0.39, 0.29) is 0 Å². The van der Waals surface area contributed by atoms with E-state index in [1.807, 2.05) is 0 Å². The van der Waals surface area contributed by atoms with Gasteiger partial charge in [-0.3, -0.25) is 4.90 Å². The predicted octanol–water partition coefficient (Wildman–Crippen LogP) is 2.10. The molecule has 0 aliphatic carbocycles. The van der Waals surface area contributed by atoms with Crippen LogP contribution in [0.25, 0.3) is 0 Å². The molecule has 1 unspecified atom stereocenters. The monoisotopic (exact) mass is 186 g/mol. The normalized spacial score (nSPS) is 14.1. The standard InChI is InChI=1S/C11H26N2/c1-6-8-13(7-2)11(5)9-12-10(3)4/h10-12H,6-9H2,1-5H3. The van der Waals surface area contributed by atoms with E-state index >= 15 is 0 Å². The van der Waals surface area contributed by atoms with Gasteiger partial charge in [0.2, 0.25) is 0 Å². The minimum Gasteiger partial charge on any atom is -0.313 e. The van der Waals surface area contributed by atoms with Crippen LogP contribution in [-0.4, -0.2) is 36.6 Å². The molecule has 2 heteroatoms. The molecule has 0 saturated heterocycles. The first-order chi connectivity index (χ1) is 6.11. The average molecular weight is 186 g/mol. The smallest absolute Gasteiger partial charge is 0.0192 e. The molecule has 0 aliphatic rings. The van der Waals surface area contributed by atoms with Crippen molar-refractivity contribution in [3.8, 4) is 0 Å². The summed E-state index contributed by atoms with van der Waals surface area (Å²) in [6, 6.07) is 1.26. The van der Waals surface area contributed by atoms with Crippen LogP contribution in [0.3, 0.4) is 0 Å². The van der Waals surface area contributed by atoms with Gasteiger partial charge in [0.15, 0.2) is 0 Å². The van der Waals surface area contributed by atoms with E-state index in [0.717, 1.165) is 13.1 Å². The Hall–Kier alpha value is -0.0800. The molecule has 13 heavy (non-hydrogen) atoms. The molecule has 0 heterocycles. The highest BCUT2D eigenvalue weighted by Crippen LogP contribution is 1.99. The largest absolute Gasteiger partial charge is 0.313 e. The Balaban J connectivity index is 3.69. The van der Waals surface area contributed by atoms with Crippen molar-refractivity contribution in [1.82, 2.24) is 10.2 Å². The topological polar surface area (TPSA) is 15.3 Å². The van der Waals surface area contributed by atoms with Crippen molar-refractivity contribution in [3.05, 3.63) is 0 Å². The second-order valence-corrected chi connectivity index (χ2v) is 4.04. The molecule has 0 fully saturated rings. The van der Waals surface area contributed by atoms with Gasteiger partial charge in [-0.15, -0.1) is 0 Å². The van der Waals surface area contributed by atoms with Crippen molar-refractivity contribution in [2.24, 2.45) is 0 Å². The van der Waals surface area contributed by atoms with Crippen LogP contribution in [0, 0.1) is 0 Å². The lowest BCUT2D eigenvalue weighted by Crippen LogP contribution is -2.42. The Bertz CT molecular complexity index is 113. The van der Waals surface area contributed by atoms with E-state index in [0.29, 0.717) is 12.1 Å². The lowest BCUT2D eigenvalue weighted by Gasteiger charge is -2.28. The van der Waals surface area contributed by atoms with Gasteiger partial charge in [0, 0.05) is 18.6 Å². The summed E-state index contributed by atoms with van der Waals surface area (Å²) in [5.74, 6) is 0. The Morgan fingerprint density at radius 1 is 1.15 bits per heavy atom. The van der Waals surface area contributed by atoms with Crippen molar-refractivity contribution < 1.29 is 0 Å². The van der Waals surface area contributed by atoms with Crippen LogP contribution >= 0.6 is 0 Å². The number of hydrogen-bond acceptors (Lipinski definition) is 2. The summed E-state index contributed by atoms with van der Waals surface area (Å²) in [6.07, 6.45) is 1.25. The fraction of sp³-hybridized carbons (Fsp3) is 1.00. The van der Waals surface area contributed by atoms with Gasteiger partial charge in [-0.2, -0.15) is 0 Å². The Labute approximate surface area is 83.7 Å². The molecule has 2 nitrogen and oxygen atoms in total. The lowest BCUT2D eigenvalue weighted by molar-refractivity contribution is 0.212. The molecule has 0 aliphatic heterocycles. The van der Waals surface area contributed by atoms with Crippen molar-refractivity contribution >= 4 is 0 Å². The quantitative estimate of drug-likeness (QED) is 0.655. The first-order valence-corrected chi connectivity index (χ1v) is 5.59. The molecule has 0 bridgehead atoms. The van der Waals surface area contributed by atoms with E-state index in [4.69, 9.17) is 0 Å². The summed E-state index contributed by atoms with van der Waals surface area (Å²) in [4.78, 5) is 2.52. The van der Waals surface area contributed by atoms with Crippen molar-refractivity contribution in [3.63, 3.8) is 0 Å². The number of hydrogen-bond donors (Lipinski definition) is 1. The van der Waals surface area contributed by atoms with Crippen LogP contribution < -0.4 is 5.32 Å². The maximum Gasteiger partial charge on any atom is 0.0192 e. The molecule has 0 aromatic rings. The summed E-state index contributed by atoms with van der Waals surface area (Å²) in [5, 5.41) is 3.48. The molecule has 0 radical (unpaired) electrons. The van der Waals surface area contributed by atoms with Crippen molar-refractivity contribution in [2.75, 3.05) is 19.6 Å². The van der Waals surface area contributed by atoms with Crippen LogP contribution in [0.5, 0.6) is 0 Å². The van der Waals surface area contributed by atoms with E-state index in [1.165, 1.54) is 13.0 Å². The maximum absolute atomic E-state index is 3.48. The molecule has 1 atom stereocenters. The maximum atomic E-state index is 3.48. The highest BCUT2D eigenvalue weighted by Gasteiger charge is 2.10. The fourth-order valence-electron chi connectivity index (χ4n) is 1.51. The zero-order valence-electron chi connectivity index (χ0n) is 9.93. The third-order valence-corrected chi connectivity index (χ3v) is 2.36. The minimum atomic E-state index is 0.600. The SMILES string of the molecule is CCCN(CC)C(C)CNC(C)C. The van der Waals surface area contributed by atoms with Gasteiger partial charge in [0.25, 0.3) is 0 Å². The summed E-state index contributed by atoms with van der Waals surface area (Å²) in [5.41, 5.74) is 0. The Morgan fingerprint density at radius 3 is 2.15 bits per heavy atom. The molecule has 80 valence electrons. The van der Waals surface area contributed by atoms with E-state index < -0.39 is 0 Å². The van der Waals surface area contributed by atoms with Crippen molar-refractivity contribution in [2.45, 2.75) is 53.1 Å². The number of rotatable bonds is 7. The molecular formula is C11H26N2. The van der Waals surface area contributed by atoms with Crippen LogP contribution in [0.4, 0.5) is 0 Å². The molecule has 0 spiro atoms. The zero-order chi connectivity index (χ0) is 10.3. The predicted molar refractivity (Wildman–Crippen MR) is 60.1 cm³/mol. The van der Waals surface area contributed by atoms with Crippen LogP contribution in [0.2, 0.25) is 0 Å². The summed E-state index contributed by atoms with van der Waals surface area (Å²) in [6.45, 7) is 14.7. The second kappa shape index (κ2) is 7.34. The van der Waals surface area contributed by atoms with Gasteiger partial charge in [-0.1, -0.05) is 27.7 Å². The molecule has 0 rings (SSSR count). The van der Waals surface area contributed by atoms with Gasteiger partial charge in [0.05, 0.1) is 0 Å². The Kier molecular flexibility index (Phi) is 7.29. The Morgan fingerprint density at radius 2 is 1.77 bits per heavy atom. The number of likely N-dealkylation sites (N-methyl/N-ethyl adjacent to an activating group) is 1. The first-order valence-electron chi connectivity index (χ1n) is 5.59. The van der Waals surface area contributed by atoms with Gasteiger partial charge >= 0.3 is 0 Å². The van der Waals surface area contributed by atoms with Gasteiger partial charge in [0.1, 0.15) is 0 Å². The number of nitrogens with one attached hydrogen (secondary N) is 1. The summed E-state index contributed by atoms with van der Waals surface area (Å²) in [7, 11) is 0. The molecule has 0 amide bonds. The van der Waals surface area contributed by atoms with Crippen molar-refractivity contribution in [1.29, 1.82) is 0 Å². The first kappa shape index (κ1) is 12.9. The van der Waals surface area contributed by atoms with Crippen LogP contribution in [0.1, 0.15) is 41.0 Å². The van der Waals surface area contributed by atoms with E-state index in [1.54, 1.807) is 0 Å². The highest BCUT2D eigenvalue weighted by molar-refractivity contribution is 4.69. The highest BCUT2D eigenvalue weighted by atomic mass is 15.2. The summed E-state index contributed by atoms with van der Waals surface area (Å²) < 4.78 is 0. The molecule has 1 N–H and O–H groups in total. The van der Waals surface area contributed by atoms with E-state index in [9.17, 15) is 0 Å². The molecule has 0 saturated carbocycles. The van der Waals surface area contributed by atoms with Crippen LogP contribution in [0.15, 0.2) is 0 Å². The summed E-state index contributed by atoms with van der Waals surface area (Å²) >= 11 is 0. The van der Waals surface area contributed by atoms with Crippen LogP contribution in [-0.2, 0) is 0 Å². The second-order valence-electron chi connectivity index (χ2n) is 4.04. The molecular weight excluding hydrogens is 160 g/mol. The van der Waals surface area contributed by atoms with Gasteiger partial charge in [-0.25, -0.2) is 0 Å².